The summed E-state index contributed by atoms with van der Waals surface area (Å²) in [5, 5.41) is 15.5. The molecule has 0 aliphatic carbocycles. The Morgan fingerprint density at radius 1 is 1.44 bits per heavy atom. The number of amides is 1. The summed E-state index contributed by atoms with van der Waals surface area (Å²) in [6.45, 7) is 3.94. The Bertz CT molecular complexity index is 438. The van der Waals surface area contributed by atoms with Crippen molar-refractivity contribution >= 4 is 11.9 Å². The molecule has 2 N–H and O–H groups in total. The van der Waals surface area contributed by atoms with Crippen LogP contribution in [0.25, 0.3) is 0 Å². The minimum absolute atomic E-state index is 0.0217. The molecule has 0 aliphatic rings. The third kappa shape index (κ3) is 4.57. The summed E-state index contributed by atoms with van der Waals surface area (Å²) in [5.74, 6) is -1.04. The summed E-state index contributed by atoms with van der Waals surface area (Å²) in [6.07, 6.45) is 1.83. The van der Waals surface area contributed by atoms with Crippen LogP contribution in [0.15, 0.2) is 12.3 Å². The second kappa shape index (κ2) is 5.66. The molecular formula is C12H19N3O3. The second-order valence-corrected chi connectivity index (χ2v) is 5.13. The lowest BCUT2D eigenvalue weighted by Gasteiger charge is -2.21. The molecule has 6 nitrogen and oxygen atoms in total. The van der Waals surface area contributed by atoms with Crippen molar-refractivity contribution < 1.29 is 14.7 Å². The average molecular weight is 253 g/mol. The minimum Gasteiger partial charge on any atom is -0.481 e. The first-order valence-electron chi connectivity index (χ1n) is 5.75. The third-order valence-electron chi connectivity index (χ3n) is 2.66. The quantitative estimate of drug-likeness (QED) is 0.789. The zero-order valence-corrected chi connectivity index (χ0v) is 10.9. The predicted octanol–water partition coefficient (Wildman–Crippen LogP) is 0.927. The smallest absolute Gasteiger partial charge is 0.303 e. The zero-order chi connectivity index (χ0) is 13.8. The van der Waals surface area contributed by atoms with Crippen LogP contribution < -0.4 is 5.32 Å². The van der Waals surface area contributed by atoms with E-state index in [9.17, 15) is 9.59 Å². The Balaban J connectivity index is 2.42. The summed E-state index contributed by atoms with van der Waals surface area (Å²) in [7, 11) is 1.80. The largest absolute Gasteiger partial charge is 0.481 e. The van der Waals surface area contributed by atoms with Crippen molar-refractivity contribution in [2.45, 2.75) is 33.2 Å². The molecule has 6 heteroatoms. The van der Waals surface area contributed by atoms with Crippen molar-refractivity contribution in [2.24, 2.45) is 12.5 Å². The Labute approximate surface area is 106 Å². The van der Waals surface area contributed by atoms with Gasteiger partial charge in [-0.25, -0.2) is 0 Å². The molecule has 0 saturated heterocycles. The first kappa shape index (κ1) is 14.2. The van der Waals surface area contributed by atoms with Gasteiger partial charge in [-0.05, 0) is 11.5 Å². The first-order chi connectivity index (χ1) is 8.30. The molecule has 0 aliphatic heterocycles. The number of nitrogens with one attached hydrogen (secondary N) is 1. The fourth-order valence-corrected chi connectivity index (χ4v) is 1.73. The van der Waals surface area contributed by atoms with E-state index < -0.39 is 11.4 Å². The van der Waals surface area contributed by atoms with Gasteiger partial charge in [-0.1, -0.05) is 13.8 Å². The summed E-state index contributed by atoms with van der Waals surface area (Å²) in [4.78, 5) is 22.4. The number of hydrogen-bond acceptors (Lipinski definition) is 3. The maximum absolute atomic E-state index is 11.7. The van der Waals surface area contributed by atoms with Crippen molar-refractivity contribution in [1.82, 2.24) is 15.1 Å². The number of aromatic nitrogens is 2. The normalized spacial score (nSPS) is 11.3. The summed E-state index contributed by atoms with van der Waals surface area (Å²) >= 11 is 0. The van der Waals surface area contributed by atoms with Crippen LogP contribution in [0.3, 0.4) is 0 Å². The molecular weight excluding hydrogens is 234 g/mol. The van der Waals surface area contributed by atoms with E-state index in [1.165, 1.54) is 0 Å². The molecule has 100 valence electrons. The van der Waals surface area contributed by atoms with Gasteiger partial charge in [0.05, 0.1) is 18.7 Å². The molecule has 0 atom stereocenters. The number of carboxylic acids is 1. The van der Waals surface area contributed by atoms with Crippen molar-refractivity contribution in [3.05, 3.63) is 18.0 Å². The molecule has 1 aromatic heterocycles. The Hall–Kier alpha value is -1.85. The van der Waals surface area contributed by atoms with Crippen molar-refractivity contribution in [1.29, 1.82) is 0 Å². The van der Waals surface area contributed by atoms with Crippen LogP contribution in [0.4, 0.5) is 0 Å². The van der Waals surface area contributed by atoms with E-state index in [0.717, 1.165) is 5.69 Å². The summed E-state index contributed by atoms with van der Waals surface area (Å²) in [5.41, 5.74) is 0.363. The Morgan fingerprint density at radius 3 is 2.61 bits per heavy atom. The molecule has 0 spiro atoms. The second-order valence-electron chi connectivity index (χ2n) is 5.13. The molecule has 18 heavy (non-hydrogen) atoms. The zero-order valence-electron chi connectivity index (χ0n) is 10.9. The van der Waals surface area contributed by atoms with Crippen molar-refractivity contribution in [3.63, 3.8) is 0 Å². The molecule has 0 aromatic carbocycles. The van der Waals surface area contributed by atoms with Crippen LogP contribution in [0.5, 0.6) is 0 Å². The van der Waals surface area contributed by atoms with E-state index in [0.29, 0.717) is 6.54 Å². The van der Waals surface area contributed by atoms with Crippen LogP contribution in [0.1, 0.15) is 32.4 Å². The standard InChI is InChI=1S/C12H19N3O3/c1-12(2,7-11(17)18)6-10(16)13-8-9-4-5-14-15(9)3/h4-5H,6-8H2,1-3H3,(H,13,16)(H,17,18). The Morgan fingerprint density at radius 2 is 2.11 bits per heavy atom. The van der Waals surface area contributed by atoms with E-state index in [-0.39, 0.29) is 18.7 Å². The van der Waals surface area contributed by atoms with E-state index in [4.69, 9.17) is 5.11 Å². The molecule has 1 amide bonds. The fourth-order valence-electron chi connectivity index (χ4n) is 1.73. The fraction of sp³-hybridized carbons (Fsp3) is 0.583. The molecule has 1 heterocycles. The topological polar surface area (TPSA) is 84.2 Å². The van der Waals surface area contributed by atoms with Gasteiger partial charge in [0.25, 0.3) is 0 Å². The molecule has 0 radical (unpaired) electrons. The highest BCUT2D eigenvalue weighted by Crippen LogP contribution is 2.24. The van der Waals surface area contributed by atoms with Crippen molar-refractivity contribution in [3.8, 4) is 0 Å². The summed E-state index contributed by atoms with van der Waals surface area (Å²) < 4.78 is 1.68. The number of carboxylic acid groups (broad SMARTS) is 1. The highest BCUT2D eigenvalue weighted by Gasteiger charge is 2.25. The number of carbonyl (C=O) groups is 2. The molecule has 0 unspecified atom stereocenters. The lowest BCUT2D eigenvalue weighted by molar-refractivity contribution is -0.139. The van der Waals surface area contributed by atoms with E-state index in [1.54, 1.807) is 31.8 Å². The van der Waals surface area contributed by atoms with Gasteiger partial charge in [-0.2, -0.15) is 5.10 Å². The van der Waals surface area contributed by atoms with Crippen LogP contribution in [-0.4, -0.2) is 26.8 Å². The SMILES string of the molecule is Cn1nccc1CNC(=O)CC(C)(C)CC(=O)O. The minimum atomic E-state index is -0.889. The number of hydrogen-bond donors (Lipinski definition) is 2. The lowest BCUT2D eigenvalue weighted by atomic mass is 9.85. The third-order valence-corrected chi connectivity index (χ3v) is 2.66. The van der Waals surface area contributed by atoms with E-state index >= 15 is 0 Å². The molecule has 1 aromatic rings. The number of nitrogens with zero attached hydrogens (tertiary/aromatic N) is 2. The average Bonchev–Trinajstić information content (AvgIpc) is 2.58. The van der Waals surface area contributed by atoms with Gasteiger partial charge in [-0.15, -0.1) is 0 Å². The van der Waals surface area contributed by atoms with Gasteiger partial charge in [0.15, 0.2) is 0 Å². The number of aliphatic carboxylic acids is 1. The van der Waals surface area contributed by atoms with E-state index in [2.05, 4.69) is 10.4 Å². The highest BCUT2D eigenvalue weighted by molar-refractivity contribution is 5.77. The van der Waals surface area contributed by atoms with Crippen LogP contribution >= 0.6 is 0 Å². The van der Waals surface area contributed by atoms with Gasteiger partial charge in [0.1, 0.15) is 0 Å². The lowest BCUT2D eigenvalue weighted by Crippen LogP contribution is -2.30. The van der Waals surface area contributed by atoms with E-state index in [1.807, 2.05) is 6.07 Å². The van der Waals surface area contributed by atoms with Gasteiger partial charge in [0.2, 0.25) is 5.91 Å². The van der Waals surface area contributed by atoms with Crippen LogP contribution in [0, 0.1) is 5.41 Å². The monoisotopic (exact) mass is 253 g/mol. The number of carbonyl (C=O) groups excluding carboxylic acids is 1. The Kier molecular flexibility index (Phi) is 4.47. The highest BCUT2D eigenvalue weighted by atomic mass is 16.4. The molecule has 0 saturated carbocycles. The maximum Gasteiger partial charge on any atom is 0.303 e. The number of aryl methyl sites for hydroxylation is 1. The first-order valence-corrected chi connectivity index (χ1v) is 5.75. The molecule has 1 rings (SSSR count). The van der Waals surface area contributed by atoms with Gasteiger partial charge in [-0.3, -0.25) is 14.3 Å². The van der Waals surface area contributed by atoms with Gasteiger partial charge >= 0.3 is 5.97 Å². The predicted molar refractivity (Wildman–Crippen MR) is 65.7 cm³/mol. The molecule has 0 fully saturated rings. The summed E-state index contributed by atoms with van der Waals surface area (Å²) in [6, 6.07) is 1.82. The van der Waals surface area contributed by atoms with Crippen LogP contribution in [-0.2, 0) is 23.2 Å². The van der Waals surface area contributed by atoms with Crippen molar-refractivity contribution in [2.75, 3.05) is 0 Å². The number of rotatable bonds is 6. The van der Waals surface area contributed by atoms with Gasteiger partial charge in [0, 0.05) is 19.7 Å². The van der Waals surface area contributed by atoms with Crippen LogP contribution in [0.2, 0.25) is 0 Å². The van der Waals surface area contributed by atoms with Gasteiger partial charge < -0.3 is 10.4 Å². The maximum atomic E-state index is 11.7. The molecule has 0 bridgehead atoms.